The molecule has 0 bridgehead atoms. The van der Waals surface area contributed by atoms with Gasteiger partial charge in [0.2, 0.25) is 0 Å². The van der Waals surface area contributed by atoms with Crippen molar-refractivity contribution in [3.63, 3.8) is 0 Å². The Hall–Kier alpha value is -1.62. The van der Waals surface area contributed by atoms with Crippen molar-refractivity contribution in [2.75, 3.05) is 7.11 Å². The number of hydrogen-bond donors (Lipinski definition) is 2. The van der Waals surface area contributed by atoms with E-state index in [1.54, 1.807) is 6.07 Å². The van der Waals surface area contributed by atoms with E-state index in [2.05, 4.69) is 5.32 Å². The second-order valence-corrected chi connectivity index (χ2v) is 4.14. The van der Waals surface area contributed by atoms with Crippen LogP contribution >= 0.6 is 0 Å². The average molecular weight is 255 g/mol. The number of nitrogens with one attached hydrogen (secondary N) is 1. The third-order valence-electron chi connectivity index (χ3n) is 2.82. The number of halogens is 1. The van der Waals surface area contributed by atoms with Gasteiger partial charge in [-0.25, -0.2) is 4.39 Å². The van der Waals surface area contributed by atoms with Crippen LogP contribution in [-0.2, 0) is 4.79 Å². The van der Waals surface area contributed by atoms with Crippen LogP contribution in [0.15, 0.2) is 18.2 Å². The maximum absolute atomic E-state index is 13.5. The quantitative estimate of drug-likeness (QED) is 0.819. The molecule has 1 rings (SSSR count). The Labute approximate surface area is 106 Å². The lowest BCUT2D eigenvalue weighted by atomic mass is 10.0. The first-order chi connectivity index (χ1) is 8.49. The summed E-state index contributed by atoms with van der Waals surface area (Å²) < 4.78 is 18.3. The minimum atomic E-state index is -1.03. The molecule has 18 heavy (non-hydrogen) atoms. The van der Waals surface area contributed by atoms with E-state index < -0.39 is 17.8 Å². The number of carbonyl (C=O) groups is 1. The van der Waals surface area contributed by atoms with Gasteiger partial charge in [0.1, 0.15) is 6.04 Å². The summed E-state index contributed by atoms with van der Waals surface area (Å²) in [4.78, 5) is 11.2. The fourth-order valence-corrected chi connectivity index (χ4v) is 1.57. The van der Waals surface area contributed by atoms with Crippen molar-refractivity contribution in [3.05, 3.63) is 29.6 Å². The first-order valence-electron chi connectivity index (χ1n) is 5.81. The van der Waals surface area contributed by atoms with E-state index in [0.29, 0.717) is 5.56 Å². The number of rotatable bonds is 6. The zero-order chi connectivity index (χ0) is 13.7. The third-order valence-corrected chi connectivity index (χ3v) is 2.82. The van der Waals surface area contributed by atoms with Gasteiger partial charge in [0.15, 0.2) is 11.6 Å². The highest BCUT2D eigenvalue weighted by Crippen LogP contribution is 2.22. The molecular formula is C13H18FNO3. The highest BCUT2D eigenvalue weighted by Gasteiger charge is 2.22. The number of hydrogen-bond acceptors (Lipinski definition) is 3. The van der Waals surface area contributed by atoms with Crippen LogP contribution in [0.5, 0.6) is 5.75 Å². The fourth-order valence-electron chi connectivity index (χ4n) is 1.57. The van der Waals surface area contributed by atoms with Gasteiger partial charge >= 0.3 is 5.97 Å². The van der Waals surface area contributed by atoms with Crippen LogP contribution in [0.2, 0.25) is 0 Å². The molecule has 4 nitrogen and oxygen atoms in total. The van der Waals surface area contributed by atoms with E-state index in [1.165, 1.54) is 19.2 Å². The van der Waals surface area contributed by atoms with Gasteiger partial charge in [0.25, 0.3) is 0 Å². The monoisotopic (exact) mass is 255 g/mol. The SMILES string of the molecule is CCC(C)NC(C(=O)O)c1ccc(OC)c(F)c1. The van der Waals surface area contributed by atoms with Crippen molar-refractivity contribution in [2.24, 2.45) is 0 Å². The number of carboxylic acids is 1. The molecular weight excluding hydrogens is 237 g/mol. The van der Waals surface area contributed by atoms with Gasteiger partial charge in [-0.3, -0.25) is 10.1 Å². The lowest BCUT2D eigenvalue weighted by molar-refractivity contribution is -0.139. The van der Waals surface area contributed by atoms with Gasteiger partial charge < -0.3 is 9.84 Å². The van der Waals surface area contributed by atoms with Gasteiger partial charge in [0, 0.05) is 6.04 Å². The molecule has 2 atom stereocenters. The second kappa shape index (κ2) is 6.35. The maximum atomic E-state index is 13.5. The zero-order valence-electron chi connectivity index (χ0n) is 10.7. The van der Waals surface area contributed by atoms with Crippen molar-refractivity contribution < 1.29 is 19.0 Å². The molecule has 5 heteroatoms. The van der Waals surface area contributed by atoms with Gasteiger partial charge in [-0.05, 0) is 31.0 Å². The van der Waals surface area contributed by atoms with E-state index in [0.717, 1.165) is 6.42 Å². The molecule has 0 amide bonds. The highest BCUT2D eigenvalue weighted by atomic mass is 19.1. The maximum Gasteiger partial charge on any atom is 0.325 e. The van der Waals surface area contributed by atoms with Crippen LogP contribution in [0.3, 0.4) is 0 Å². The van der Waals surface area contributed by atoms with Crippen molar-refractivity contribution in [1.82, 2.24) is 5.32 Å². The van der Waals surface area contributed by atoms with Gasteiger partial charge in [-0.15, -0.1) is 0 Å². The largest absolute Gasteiger partial charge is 0.494 e. The molecule has 0 heterocycles. The minimum absolute atomic E-state index is 0.0382. The van der Waals surface area contributed by atoms with Crippen molar-refractivity contribution in [2.45, 2.75) is 32.4 Å². The van der Waals surface area contributed by atoms with E-state index in [4.69, 9.17) is 4.74 Å². The Bertz CT molecular complexity index is 423. The number of benzene rings is 1. The first kappa shape index (κ1) is 14.4. The zero-order valence-corrected chi connectivity index (χ0v) is 10.7. The average Bonchev–Trinajstić information content (AvgIpc) is 2.35. The van der Waals surface area contributed by atoms with Crippen molar-refractivity contribution in [3.8, 4) is 5.75 Å². The molecule has 0 aliphatic heterocycles. The number of aliphatic carboxylic acids is 1. The van der Waals surface area contributed by atoms with Gasteiger partial charge in [-0.1, -0.05) is 13.0 Å². The topological polar surface area (TPSA) is 58.6 Å². The van der Waals surface area contributed by atoms with E-state index in [-0.39, 0.29) is 11.8 Å². The normalized spacial score (nSPS) is 14.0. The van der Waals surface area contributed by atoms with Crippen molar-refractivity contribution >= 4 is 5.97 Å². The Kier molecular flexibility index (Phi) is 5.09. The molecule has 1 aromatic rings. The predicted octanol–water partition coefficient (Wildman–Crippen LogP) is 2.35. The standard InChI is InChI=1S/C13H18FNO3/c1-4-8(2)15-12(13(16)17)9-5-6-11(18-3)10(14)7-9/h5-8,12,15H,4H2,1-3H3,(H,16,17). The number of carboxylic acid groups (broad SMARTS) is 1. The van der Waals surface area contributed by atoms with Gasteiger partial charge in [-0.2, -0.15) is 0 Å². The molecule has 0 aliphatic rings. The first-order valence-corrected chi connectivity index (χ1v) is 5.81. The Balaban J connectivity index is 2.99. The number of methoxy groups -OCH3 is 1. The second-order valence-electron chi connectivity index (χ2n) is 4.14. The van der Waals surface area contributed by atoms with Crippen LogP contribution in [0, 0.1) is 5.82 Å². The summed E-state index contributed by atoms with van der Waals surface area (Å²) in [5, 5.41) is 12.1. The summed E-state index contributed by atoms with van der Waals surface area (Å²) in [5.41, 5.74) is 0.376. The van der Waals surface area contributed by atoms with Crippen LogP contribution in [0.4, 0.5) is 4.39 Å². The molecule has 2 N–H and O–H groups in total. The molecule has 0 radical (unpaired) electrons. The Morgan fingerprint density at radius 3 is 2.67 bits per heavy atom. The lowest BCUT2D eigenvalue weighted by Gasteiger charge is -2.19. The van der Waals surface area contributed by atoms with Gasteiger partial charge in [0.05, 0.1) is 7.11 Å². The molecule has 1 aromatic carbocycles. The molecule has 0 aliphatic carbocycles. The van der Waals surface area contributed by atoms with Crippen LogP contribution in [0.25, 0.3) is 0 Å². The fraction of sp³-hybridized carbons (Fsp3) is 0.462. The molecule has 100 valence electrons. The summed E-state index contributed by atoms with van der Waals surface area (Å²) in [5.74, 6) is -1.49. The lowest BCUT2D eigenvalue weighted by Crippen LogP contribution is -2.35. The minimum Gasteiger partial charge on any atom is -0.494 e. The van der Waals surface area contributed by atoms with Crippen LogP contribution < -0.4 is 10.1 Å². The highest BCUT2D eigenvalue weighted by molar-refractivity contribution is 5.75. The third kappa shape index (κ3) is 3.43. The predicted molar refractivity (Wildman–Crippen MR) is 66.2 cm³/mol. The Morgan fingerprint density at radius 1 is 1.56 bits per heavy atom. The molecule has 2 unspecified atom stereocenters. The van der Waals surface area contributed by atoms with E-state index >= 15 is 0 Å². The summed E-state index contributed by atoms with van der Waals surface area (Å²) in [6, 6.07) is 3.29. The van der Waals surface area contributed by atoms with Crippen LogP contribution in [0.1, 0.15) is 31.9 Å². The molecule has 0 saturated heterocycles. The summed E-state index contributed by atoms with van der Waals surface area (Å²) in [7, 11) is 1.37. The molecule has 0 aromatic heterocycles. The summed E-state index contributed by atoms with van der Waals surface area (Å²) in [6.45, 7) is 3.83. The van der Waals surface area contributed by atoms with E-state index in [9.17, 15) is 14.3 Å². The number of ether oxygens (including phenoxy) is 1. The summed E-state index contributed by atoms with van der Waals surface area (Å²) in [6.07, 6.45) is 0.794. The van der Waals surface area contributed by atoms with E-state index in [1.807, 2.05) is 13.8 Å². The summed E-state index contributed by atoms with van der Waals surface area (Å²) >= 11 is 0. The smallest absolute Gasteiger partial charge is 0.325 e. The van der Waals surface area contributed by atoms with Crippen LogP contribution in [-0.4, -0.2) is 24.2 Å². The molecule has 0 spiro atoms. The molecule has 0 saturated carbocycles. The molecule has 0 fully saturated rings. The Morgan fingerprint density at radius 2 is 2.22 bits per heavy atom. The van der Waals surface area contributed by atoms with Crippen molar-refractivity contribution in [1.29, 1.82) is 0 Å².